The molecule has 0 amide bonds. The molecule has 0 unspecified atom stereocenters. The van der Waals surface area contributed by atoms with E-state index in [0.29, 0.717) is 10.7 Å². The Balaban J connectivity index is 2.06. The van der Waals surface area contributed by atoms with Crippen LogP contribution in [-0.2, 0) is 11.2 Å². The Morgan fingerprint density at radius 2 is 1.59 bits per heavy atom. The number of methoxy groups -OCH3 is 1. The topological polar surface area (TPSA) is 42.1 Å². The summed E-state index contributed by atoms with van der Waals surface area (Å²) < 4.78 is 4.68. The van der Waals surface area contributed by atoms with Crippen LogP contribution in [0.4, 0.5) is 0 Å². The molecule has 0 aliphatic heterocycles. The number of ether oxygens (including phenoxy) is 1. The van der Waals surface area contributed by atoms with E-state index < -0.39 is 5.97 Å². The summed E-state index contributed by atoms with van der Waals surface area (Å²) in [4.78, 5) is 14.5. The summed E-state index contributed by atoms with van der Waals surface area (Å²) in [6.45, 7) is 2.26. The van der Waals surface area contributed by atoms with E-state index in [1.807, 2.05) is 6.07 Å². The van der Waals surface area contributed by atoms with E-state index in [1.54, 1.807) is 0 Å². The highest BCUT2D eigenvalue weighted by Gasteiger charge is 2.14. The first-order chi connectivity index (χ1) is 10.7. The molecular formula is C18H30ClNO2. The molecule has 1 aromatic rings. The van der Waals surface area contributed by atoms with E-state index in [9.17, 15) is 4.79 Å². The maximum atomic E-state index is 11.5. The number of hydrogen-bond donors (Lipinski definition) is 1. The number of esters is 1. The fourth-order valence-corrected chi connectivity index (χ4v) is 2.93. The van der Waals surface area contributed by atoms with Crippen LogP contribution >= 0.6 is 11.6 Å². The number of hydrogen-bond acceptors (Lipinski definition) is 2. The second-order valence-electron chi connectivity index (χ2n) is 5.94. The van der Waals surface area contributed by atoms with E-state index in [4.69, 9.17) is 11.6 Å². The van der Waals surface area contributed by atoms with Gasteiger partial charge < -0.3 is 9.72 Å². The second kappa shape index (κ2) is 11.6. The molecule has 0 atom stereocenters. The monoisotopic (exact) mass is 327 g/mol. The van der Waals surface area contributed by atoms with Gasteiger partial charge in [0, 0.05) is 5.69 Å². The van der Waals surface area contributed by atoms with E-state index in [1.165, 1.54) is 64.9 Å². The van der Waals surface area contributed by atoms with Crippen molar-refractivity contribution in [3.63, 3.8) is 0 Å². The Morgan fingerprint density at radius 3 is 2.14 bits per heavy atom. The molecule has 0 spiro atoms. The zero-order chi connectivity index (χ0) is 16.2. The van der Waals surface area contributed by atoms with Gasteiger partial charge in [-0.15, -0.1) is 0 Å². The smallest absolute Gasteiger partial charge is 0.356 e. The van der Waals surface area contributed by atoms with Crippen LogP contribution in [0.5, 0.6) is 0 Å². The van der Waals surface area contributed by atoms with Crippen LogP contribution in [0, 0.1) is 0 Å². The standard InChI is InChI=1S/C18H30ClNO2/c1-3-4-5-6-7-8-9-10-11-12-13-15-14-16(19)17(20-15)18(21)22-2/h14,20H,3-13H2,1-2H3. The SMILES string of the molecule is CCCCCCCCCCCCc1cc(Cl)c(C(=O)OC)[nH]1. The van der Waals surface area contributed by atoms with Crippen molar-refractivity contribution in [1.82, 2.24) is 4.98 Å². The number of H-pyrrole nitrogens is 1. The van der Waals surface area contributed by atoms with Crippen molar-refractivity contribution in [1.29, 1.82) is 0 Å². The van der Waals surface area contributed by atoms with Crippen molar-refractivity contribution in [2.75, 3.05) is 7.11 Å². The number of aryl methyl sites for hydroxylation is 1. The van der Waals surface area contributed by atoms with Gasteiger partial charge in [0.05, 0.1) is 12.1 Å². The Bertz CT molecular complexity index is 429. The van der Waals surface area contributed by atoms with Crippen molar-refractivity contribution in [2.24, 2.45) is 0 Å². The van der Waals surface area contributed by atoms with Crippen LogP contribution in [0.2, 0.25) is 5.02 Å². The number of halogens is 1. The lowest BCUT2D eigenvalue weighted by molar-refractivity contribution is 0.0595. The average Bonchev–Trinajstić information content (AvgIpc) is 2.89. The predicted molar refractivity (Wildman–Crippen MR) is 92.7 cm³/mol. The number of nitrogens with one attached hydrogen (secondary N) is 1. The molecule has 0 fully saturated rings. The Hall–Kier alpha value is -0.960. The molecule has 0 aliphatic carbocycles. The van der Waals surface area contributed by atoms with E-state index in [2.05, 4.69) is 16.6 Å². The maximum absolute atomic E-state index is 11.5. The molecule has 1 N–H and O–H groups in total. The molecule has 0 saturated heterocycles. The predicted octanol–water partition coefficient (Wildman–Crippen LogP) is 5.92. The molecule has 0 bridgehead atoms. The van der Waals surface area contributed by atoms with Crippen molar-refractivity contribution < 1.29 is 9.53 Å². The summed E-state index contributed by atoms with van der Waals surface area (Å²) in [5.41, 5.74) is 1.39. The molecule has 3 nitrogen and oxygen atoms in total. The zero-order valence-corrected chi connectivity index (χ0v) is 14.8. The lowest BCUT2D eigenvalue weighted by Gasteiger charge is -2.02. The first-order valence-electron chi connectivity index (χ1n) is 8.64. The van der Waals surface area contributed by atoms with E-state index in [-0.39, 0.29) is 0 Å². The number of carbonyl (C=O) groups excluding carboxylic acids is 1. The van der Waals surface area contributed by atoms with Crippen LogP contribution in [0.1, 0.15) is 87.3 Å². The van der Waals surface area contributed by atoms with Gasteiger partial charge in [0.25, 0.3) is 0 Å². The maximum Gasteiger partial charge on any atom is 0.356 e. The van der Waals surface area contributed by atoms with Gasteiger partial charge in [0.2, 0.25) is 0 Å². The van der Waals surface area contributed by atoms with Crippen LogP contribution < -0.4 is 0 Å². The molecule has 1 aromatic heterocycles. The number of carbonyl (C=O) groups is 1. The molecule has 0 aliphatic rings. The number of rotatable bonds is 12. The van der Waals surface area contributed by atoms with Gasteiger partial charge >= 0.3 is 5.97 Å². The number of unbranched alkanes of at least 4 members (excludes halogenated alkanes) is 9. The first kappa shape index (κ1) is 19.1. The van der Waals surface area contributed by atoms with Gasteiger partial charge in [-0.05, 0) is 18.9 Å². The summed E-state index contributed by atoms with van der Waals surface area (Å²) in [6, 6.07) is 1.83. The molecule has 1 rings (SSSR count). The largest absolute Gasteiger partial charge is 0.464 e. The third-order valence-electron chi connectivity index (χ3n) is 4.01. The zero-order valence-electron chi connectivity index (χ0n) is 14.0. The number of aromatic amines is 1. The summed E-state index contributed by atoms with van der Waals surface area (Å²) in [5.74, 6) is -0.403. The average molecular weight is 328 g/mol. The van der Waals surface area contributed by atoms with Gasteiger partial charge in [-0.25, -0.2) is 4.79 Å². The Labute approximate surface area is 139 Å². The minimum atomic E-state index is -0.403. The van der Waals surface area contributed by atoms with Gasteiger partial charge in [-0.3, -0.25) is 0 Å². The van der Waals surface area contributed by atoms with Crippen LogP contribution in [0.15, 0.2) is 6.07 Å². The van der Waals surface area contributed by atoms with Crippen LogP contribution in [0.3, 0.4) is 0 Å². The third kappa shape index (κ3) is 7.35. The minimum absolute atomic E-state index is 0.367. The van der Waals surface area contributed by atoms with Gasteiger partial charge in [0.15, 0.2) is 0 Å². The molecule has 0 aromatic carbocycles. The summed E-state index contributed by atoms with van der Waals surface area (Å²) in [5, 5.41) is 0.453. The van der Waals surface area contributed by atoms with Crippen molar-refractivity contribution in [3.05, 3.63) is 22.5 Å². The Morgan fingerprint density at radius 1 is 1.05 bits per heavy atom. The fraction of sp³-hybridized carbons (Fsp3) is 0.722. The third-order valence-corrected chi connectivity index (χ3v) is 4.31. The highest BCUT2D eigenvalue weighted by atomic mass is 35.5. The van der Waals surface area contributed by atoms with Crippen LogP contribution in [-0.4, -0.2) is 18.1 Å². The highest BCUT2D eigenvalue weighted by molar-refractivity contribution is 6.33. The lowest BCUT2D eigenvalue weighted by atomic mass is 10.1. The molecular weight excluding hydrogens is 298 g/mol. The quantitative estimate of drug-likeness (QED) is 0.382. The Kier molecular flexibility index (Phi) is 10.1. The first-order valence-corrected chi connectivity index (χ1v) is 9.02. The molecule has 126 valence electrons. The summed E-state index contributed by atoms with van der Waals surface area (Å²) >= 11 is 6.02. The van der Waals surface area contributed by atoms with Crippen LogP contribution in [0.25, 0.3) is 0 Å². The lowest BCUT2D eigenvalue weighted by Crippen LogP contribution is -2.02. The molecule has 0 saturated carbocycles. The highest BCUT2D eigenvalue weighted by Crippen LogP contribution is 2.20. The normalized spacial score (nSPS) is 10.9. The summed E-state index contributed by atoms with van der Waals surface area (Å²) in [7, 11) is 1.36. The number of aromatic nitrogens is 1. The van der Waals surface area contributed by atoms with Crippen molar-refractivity contribution in [3.8, 4) is 0 Å². The minimum Gasteiger partial charge on any atom is -0.464 e. The van der Waals surface area contributed by atoms with Gasteiger partial charge in [-0.1, -0.05) is 76.3 Å². The van der Waals surface area contributed by atoms with Gasteiger partial charge in [0.1, 0.15) is 5.69 Å². The van der Waals surface area contributed by atoms with Gasteiger partial charge in [-0.2, -0.15) is 0 Å². The molecule has 22 heavy (non-hydrogen) atoms. The molecule has 4 heteroatoms. The fourth-order valence-electron chi connectivity index (χ4n) is 2.67. The summed E-state index contributed by atoms with van der Waals surface area (Å²) in [6.07, 6.45) is 14.2. The molecule has 0 radical (unpaired) electrons. The second-order valence-corrected chi connectivity index (χ2v) is 6.35. The van der Waals surface area contributed by atoms with E-state index in [0.717, 1.165) is 18.5 Å². The van der Waals surface area contributed by atoms with Crippen molar-refractivity contribution >= 4 is 17.6 Å². The van der Waals surface area contributed by atoms with Crippen molar-refractivity contribution in [2.45, 2.75) is 77.6 Å². The molecule has 1 heterocycles. The van der Waals surface area contributed by atoms with E-state index >= 15 is 0 Å².